The van der Waals surface area contributed by atoms with E-state index in [-0.39, 0.29) is 0 Å². The third-order valence-corrected chi connectivity index (χ3v) is 1.50. The van der Waals surface area contributed by atoms with Crippen LogP contribution in [0, 0.1) is 5.41 Å². The van der Waals surface area contributed by atoms with Gasteiger partial charge in [0.25, 0.3) is 0 Å². The van der Waals surface area contributed by atoms with Crippen LogP contribution < -0.4 is 0 Å². The molecule has 0 unspecified atom stereocenters. The Balaban J connectivity index is 3.34. The molecule has 0 saturated carbocycles. The maximum absolute atomic E-state index is 6.53. The molecule has 0 heterocycles. The highest BCUT2D eigenvalue weighted by molar-refractivity contribution is 5.35. The predicted octanol–water partition coefficient (Wildman–Crippen LogP) is 1.08. The lowest BCUT2D eigenvalue weighted by molar-refractivity contribution is 0.313. The van der Waals surface area contributed by atoms with Crippen molar-refractivity contribution in [3.05, 3.63) is 0 Å². The molecule has 0 aromatic rings. The van der Waals surface area contributed by atoms with Crippen LogP contribution in [0.3, 0.4) is 0 Å². The van der Waals surface area contributed by atoms with Crippen LogP contribution in [0.5, 0.6) is 0 Å². The molecule has 0 aromatic heterocycles. The summed E-state index contributed by atoms with van der Waals surface area (Å²) in [5.41, 5.74) is 0. The molecule has 0 atom stereocenters. The lowest BCUT2D eigenvalue weighted by Crippen LogP contribution is -2.25. The summed E-state index contributed by atoms with van der Waals surface area (Å²) in [4.78, 5) is 5.95. The molecule has 0 saturated heterocycles. The first-order valence-electron chi connectivity index (χ1n) is 3.65. The molecule has 0 rings (SSSR count). The second kappa shape index (κ2) is 6.46. The van der Waals surface area contributed by atoms with Gasteiger partial charge in [-0.15, -0.1) is 0 Å². The molecule has 3 heteroatoms. The van der Waals surface area contributed by atoms with Gasteiger partial charge in [0.1, 0.15) is 0 Å². The molecule has 0 bridgehead atoms. The maximum atomic E-state index is 6.53. The second-order valence-electron chi connectivity index (χ2n) is 2.02. The van der Waals surface area contributed by atoms with Crippen molar-refractivity contribution < 1.29 is 0 Å². The minimum atomic E-state index is 0.700. The average molecular weight is 141 g/mol. The standard InChI is InChI=1S/C7H15N3/c1-3-10(4-2)6-5-9-7-8/h8H,3-6H2,1-2H3. The molecular weight excluding hydrogens is 126 g/mol. The average Bonchev–Trinajstić information content (AvgIpc) is 1.99. The number of nitrogens with zero attached hydrogens (tertiary/aromatic N) is 2. The molecule has 0 amide bonds. The van der Waals surface area contributed by atoms with E-state index in [9.17, 15) is 0 Å². The number of likely N-dealkylation sites (N-methyl/N-ethyl adjacent to an activating group) is 1. The second-order valence-corrected chi connectivity index (χ2v) is 2.02. The van der Waals surface area contributed by atoms with Gasteiger partial charge in [0.15, 0.2) is 0 Å². The summed E-state index contributed by atoms with van der Waals surface area (Å²) in [5, 5.41) is 6.53. The first-order chi connectivity index (χ1) is 4.85. The number of hydrogen-bond acceptors (Lipinski definition) is 3. The van der Waals surface area contributed by atoms with E-state index in [1.54, 1.807) is 0 Å². The molecule has 0 aliphatic rings. The van der Waals surface area contributed by atoms with E-state index in [2.05, 4.69) is 23.7 Å². The molecule has 58 valence electrons. The van der Waals surface area contributed by atoms with Crippen molar-refractivity contribution in [2.75, 3.05) is 26.2 Å². The normalized spacial score (nSPS) is 9.50. The van der Waals surface area contributed by atoms with Crippen LogP contribution in [0.4, 0.5) is 0 Å². The summed E-state index contributed by atoms with van der Waals surface area (Å²) in [5.74, 6) is 0. The topological polar surface area (TPSA) is 39.5 Å². The smallest absolute Gasteiger partial charge is 0.0862 e. The lowest BCUT2D eigenvalue weighted by Gasteiger charge is -2.15. The molecule has 0 aliphatic carbocycles. The van der Waals surface area contributed by atoms with Gasteiger partial charge in [-0.05, 0) is 13.1 Å². The molecule has 10 heavy (non-hydrogen) atoms. The number of hydrogen-bond donors (Lipinski definition) is 1. The number of aliphatic imine (C=N–C) groups is 1. The molecular formula is C7H15N3. The maximum Gasteiger partial charge on any atom is 0.0862 e. The van der Waals surface area contributed by atoms with Gasteiger partial charge < -0.3 is 4.90 Å². The Bertz CT molecular complexity index is 112. The Hall–Kier alpha value is -0.660. The van der Waals surface area contributed by atoms with Crippen molar-refractivity contribution in [1.82, 2.24) is 4.90 Å². The van der Waals surface area contributed by atoms with Crippen molar-refractivity contribution in [3.8, 4) is 0 Å². The van der Waals surface area contributed by atoms with E-state index in [0.29, 0.717) is 6.54 Å². The van der Waals surface area contributed by atoms with Crippen LogP contribution in [0.15, 0.2) is 4.99 Å². The highest BCUT2D eigenvalue weighted by Crippen LogP contribution is 1.84. The van der Waals surface area contributed by atoms with Crippen LogP contribution in [0.25, 0.3) is 0 Å². The minimum Gasteiger partial charge on any atom is -0.302 e. The van der Waals surface area contributed by atoms with E-state index in [1.165, 1.54) is 0 Å². The molecule has 1 N–H and O–H groups in total. The van der Waals surface area contributed by atoms with Gasteiger partial charge in [-0.2, -0.15) is 0 Å². The van der Waals surface area contributed by atoms with E-state index < -0.39 is 0 Å². The van der Waals surface area contributed by atoms with Gasteiger partial charge in [0, 0.05) is 6.54 Å². The van der Waals surface area contributed by atoms with Crippen molar-refractivity contribution >= 4 is 6.01 Å². The fourth-order valence-electron chi connectivity index (χ4n) is 0.787. The van der Waals surface area contributed by atoms with Crippen LogP contribution in [0.1, 0.15) is 13.8 Å². The largest absolute Gasteiger partial charge is 0.302 e. The fourth-order valence-corrected chi connectivity index (χ4v) is 0.787. The van der Waals surface area contributed by atoms with E-state index in [4.69, 9.17) is 5.41 Å². The van der Waals surface area contributed by atoms with Gasteiger partial charge in [-0.25, -0.2) is 10.4 Å². The summed E-state index contributed by atoms with van der Waals surface area (Å²) in [6.45, 7) is 8.01. The Labute approximate surface area is 62.3 Å². The van der Waals surface area contributed by atoms with Crippen LogP contribution in [-0.4, -0.2) is 37.1 Å². The van der Waals surface area contributed by atoms with E-state index >= 15 is 0 Å². The fraction of sp³-hybridized carbons (Fsp3) is 0.857. The Kier molecular flexibility index (Phi) is 6.03. The van der Waals surface area contributed by atoms with Crippen molar-refractivity contribution in [1.29, 1.82) is 5.41 Å². The molecule has 0 aromatic carbocycles. The summed E-state index contributed by atoms with van der Waals surface area (Å²) < 4.78 is 0. The van der Waals surface area contributed by atoms with Gasteiger partial charge in [0.2, 0.25) is 0 Å². The predicted molar refractivity (Wildman–Crippen MR) is 42.8 cm³/mol. The molecule has 0 aliphatic heterocycles. The number of rotatable bonds is 5. The first kappa shape index (κ1) is 9.34. The number of nitrogens with one attached hydrogen (secondary N) is 1. The SMILES string of the molecule is CCN(CC)CCN=C=N. The Morgan fingerprint density at radius 3 is 2.40 bits per heavy atom. The van der Waals surface area contributed by atoms with Crippen molar-refractivity contribution in [2.45, 2.75) is 13.8 Å². The van der Waals surface area contributed by atoms with E-state index in [1.807, 2.05) is 6.01 Å². The Morgan fingerprint density at radius 2 is 2.00 bits per heavy atom. The monoisotopic (exact) mass is 141 g/mol. The third kappa shape index (κ3) is 4.24. The van der Waals surface area contributed by atoms with Gasteiger partial charge in [-0.3, -0.25) is 0 Å². The molecule has 0 fully saturated rings. The highest BCUT2D eigenvalue weighted by atomic mass is 15.1. The zero-order valence-electron chi connectivity index (χ0n) is 6.72. The molecule has 0 radical (unpaired) electrons. The van der Waals surface area contributed by atoms with Crippen LogP contribution in [0.2, 0.25) is 0 Å². The summed E-state index contributed by atoms with van der Waals surface area (Å²) in [6, 6.07) is 2.02. The van der Waals surface area contributed by atoms with Crippen LogP contribution in [-0.2, 0) is 0 Å². The summed E-state index contributed by atoms with van der Waals surface area (Å²) in [6.07, 6.45) is 0. The van der Waals surface area contributed by atoms with Crippen molar-refractivity contribution in [3.63, 3.8) is 0 Å². The minimum absolute atomic E-state index is 0.700. The Morgan fingerprint density at radius 1 is 1.40 bits per heavy atom. The quantitative estimate of drug-likeness (QED) is 0.572. The molecule has 0 spiro atoms. The van der Waals surface area contributed by atoms with Gasteiger partial charge in [-0.1, -0.05) is 13.8 Å². The first-order valence-corrected chi connectivity index (χ1v) is 3.65. The van der Waals surface area contributed by atoms with Crippen LogP contribution >= 0.6 is 0 Å². The summed E-state index contributed by atoms with van der Waals surface area (Å²) >= 11 is 0. The zero-order valence-corrected chi connectivity index (χ0v) is 6.72. The molecule has 3 nitrogen and oxygen atoms in total. The highest BCUT2D eigenvalue weighted by Gasteiger charge is 1.94. The zero-order chi connectivity index (χ0) is 7.82. The van der Waals surface area contributed by atoms with E-state index in [0.717, 1.165) is 19.6 Å². The lowest BCUT2D eigenvalue weighted by atomic mass is 10.5. The van der Waals surface area contributed by atoms with Crippen molar-refractivity contribution in [2.24, 2.45) is 4.99 Å². The van der Waals surface area contributed by atoms with Gasteiger partial charge >= 0.3 is 0 Å². The summed E-state index contributed by atoms with van der Waals surface area (Å²) in [7, 11) is 0. The van der Waals surface area contributed by atoms with Gasteiger partial charge in [0.05, 0.1) is 12.6 Å². The third-order valence-electron chi connectivity index (χ3n) is 1.50.